The summed E-state index contributed by atoms with van der Waals surface area (Å²) in [6, 6.07) is 0. The lowest BCUT2D eigenvalue weighted by Gasteiger charge is -2.46. The van der Waals surface area contributed by atoms with Gasteiger partial charge in [0.15, 0.2) is 30.5 Å². The lowest BCUT2D eigenvalue weighted by molar-refractivity contribution is -0.260. The quantitative estimate of drug-likeness (QED) is 0.327. The summed E-state index contributed by atoms with van der Waals surface area (Å²) in [5.74, 6) is -6.84. The minimum atomic E-state index is -1.78. The number of aliphatic hydroxyl groups excluding tert-OH is 1. The van der Waals surface area contributed by atoms with Gasteiger partial charge in [-0.3, -0.25) is 24.0 Å². The highest BCUT2D eigenvalue weighted by Crippen LogP contribution is 2.34. The predicted molar refractivity (Wildman–Crippen MR) is 130 cm³/mol. The van der Waals surface area contributed by atoms with Crippen molar-refractivity contribution in [3.8, 4) is 0 Å². The molecule has 11 nitrogen and oxygen atoms in total. The summed E-state index contributed by atoms with van der Waals surface area (Å²) in [5, 5.41) is 11.3. The standard InChI is InChI=1S/C26H42O11/c1-11(2)22(28)33-17-16(27)18(34-23(29)12(3)4)20(36-25(31)14(7)8)21(37-26(32)15(9)10)19(17)35-24(30)13(5)6/h11-21,27H,1-10H3. The molecule has 0 bridgehead atoms. The van der Waals surface area contributed by atoms with Crippen molar-refractivity contribution >= 4 is 29.8 Å². The molecule has 1 fully saturated rings. The molecule has 0 aromatic carbocycles. The first kappa shape index (κ1) is 32.3. The molecule has 1 aliphatic carbocycles. The van der Waals surface area contributed by atoms with Gasteiger partial charge in [0, 0.05) is 0 Å². The van der Waals surface area contributed by atoms with Crippen molar-refractivity contribution in [3.05, 3.63) is 0 Å². The molecule has 1 N–H and O–H groups in total. The molecule has 0 saturated heterocycles. The SMILES string of the molecule is CC(C)C(=O)OC1C(O)C(OC(=O)C(C)C)C(OC(=O)C(C)C)C(OC(=O)C(C)C)C1OC(=O)C(C)C. The number of rotatable bonds is 10. The highest BCUT2D eigenvalue weighted by Gasteiger charge is 2.59. The van der Waals surface area contributed by atoms with E-state index in [9.17, 15) is 29.1 Å². The van der Waals surface area contributed by atoms with E-state index in [0.29, 0.717) is 0 Å². The Morgan fingerprint density at radius 1 is 0.405 bits per heavy atom. The Hall–Kier alpha value is -2.69. The number of hydrogen-bond acceptors (Lipinski definition) is 11. The lowest BCUT2D eigenvalue weighted by Crippen LogP contribution is -2.68. The van der Waals surface area contributed by atoms with Crippen LogP contribution in [0.1, 0.15) is 69.2 Å². The van der Waals surface area contributed by atoms with Gasteiger partial charge in [-0.05, 0) is 0 Å². The van der Waals surface area contributed by atoms with E-state index in [0.717, 1.165) is 0 Å². The summed E-state index contributed by atoms with van der Waals surface area (Å²) >= 11 is 0. The molecule has 4 unspecified atom stereocenters. The van der Waals surface area contributed by atoms with Crippen LogP contribution in [0.5, 0.6) is 0 Å². The van der Waals surface area contributed by atoms with Crippen LogP contribution in [0.25, 0.3) is 0 Å². The maximum Gasteiger partial charge on any atom is 0.308 e. The van der Waals surface area contributed by atoms with Gasteiger partial charge in [0.05, 0.1) is 29.6 Å². The van der Waals surface area contributed by atoms with Crippen LogP contribution >= 0.6 is 0 Å². The van der Waals surface area contributed by atoms with Crippen LogP contribution in [0.3, 0.4) is 0 Å². The summed E-state index contributed by atoms with van der Waals surface area (Å²) in [7, 11) is 0. The molecule has 1 saturated carbocycles. The third-order valence-electron chi connectivity index (χ3n) is 5.59. The largest absolute Gasteiger partial charge is 0.455 e. The van der Waals surface area contributed by atoms with E-state index >= 15 is 0 Å². The third-order valence-corrected chi connectivity index (χ3v) is 5.59. The molecule has 0 radical (unpaired) electrons. The van der Waals surface area contributed by atoms with E-state index in [-0.39, 0.29) is 0 Å². The summed E-state index contributed by atoms with van der Waals surface area (Å²) in [4.78, 5) is 63.2. The van der Waals surface area contributed by atoms with E-state index < -0.39 is 96.1 Å². The third kappa shape index (κ3) is 8.69. The molecule has 0 aromatic rings. The Morgan fingerprint density at radius 3 is 0.757 bits per heavy atom. The van der Waals surface area contributed by atoms with E-state index in [2.05, 4.69) is 0 Å². The van der Waals surface area contributed by atoms with E-state index in [1.165, 1.54) is 0 Å². The highest BCUT2D eigenvalue weighted by atomic mass is 16.7. The van der Waals surface area contributed by atoms with Crippen molar-refractivity contribution in [2.45, 2.75) is 106 Å². The van der Waals surface area contributed by atoms with Crippen molar-refractivity contribution in [2.75, 3.05) is 0 Å². The summed E-state index contributed by atoms with van der Waals surface area (Å²) < 4.78 is 27.9. The van der Waals surface area contributed by atoms with Crippen LogP contribution in [-0.4, -0.2) is 71.6 Å². The van der Waals surface area contributed by atoms with E-state index in [1.807, 2.05) is 0 Å². The molecule has 0 aliphatic heterocycles. The Labute approximate surface area is 218 Å². The van der Waals surface area contributed by atoms with Gasteiger partial charge in [-0.2, -0.15) is 0 Å². The zero-order chi connectivity index (χ0) is 28.8. The Balaban J connectivity index is 3.76. The molecule has 212 valence electrons. The maximum atomic E-state index is 12.7. The molecular formula is C26H42O11. The minimum Gasteiger partial charge on any atom is -0.455 e. The predicted octanol–water partition coefficient (Wildman–Crippen LogP) is 2.20. The summed E-state index contributed by atoms with van der Waals surface area (Å²) in [5.41, 5.74) is 0. The molecule has 4 atom stereocenters. The number of hydrogen-bond donors (Lipinski definition) is 1. The van der Waals surface area contributed by atoms with E-state index in [1.54, 1.807) is 69.2 Å². The van der Waals surface area contributed by atoms with Crippen LogP contribution < -0.4 is 0 Å². The first-order valence-electron chi connectivity index (χ1n) is 12.7. The number of carbonyl (C=O) groups excluding carboxylic acids is 5. The van der Waals surface area contributed by atoms with Gasteiger partial charge in [0.25, 0.3) is 0 Å². The second-order valence-corrected chi connectivity index (χ2v) is 10.8. The van der Waals surface area contributed by atoms with Gasteiger partial charge in [-0.15, -0.1) is 0 Å². The molecule has 1 rings (SSSR count). The molecule has 0 aromatic heterocycles. The van der Waals surface area contributed by atoms with Gasteiger partial charge in [-0.25, -0.2) is 0 Å². The van der Waals surface area contributed by atoms with Crippen LogP contribution in [0.2, 0.25) is 0 Å². The molecule has 1 aliphatic rings. The average Bonchev–Trinajstić information content (AvgIpc) is 2.79. The first-order valence-corrected chi connectivity index (χ1v) is 12.7. The minimum absolute atomic E-state index is 0.626. The van der Waals surface area contributed by atoms with Crippen LogP contribution in [0.15, 0.2) is 0 Å². The molecular weight excluding hydrogens is 488 g/mol. The molecule has 0 spiro atoms. The Bertz CT molecular complexity index is 774. The van der Waals surface area contributed by atoms with Gasteiger partial charge in [-0.1, -0.05) is 69.2 Å². The first-order chi connectivity index (χ1) is 17.0. The van der Waals surface area contributed by atoms with E-state index in [4.69, 9.17) is 23.7 Å². The van der Waals surface area contributed by atoms with Gasteiger partial charge in [0.2, 0.25) is 0 Å². The highest BCUT2D eigenvalue weighted by molar-refractivity contribution is 5.75. The fraction of sp³-hybridized carbons (Fsp3) is 0.808. The topological polar surface area (TPSA) is 152 Å². The van der Waals surface area contributed by atoms with Crippen LogP contribution in [-0.2, 0) is 47.7 Å². The zero-order valence-corrected chi connectivity index (χ0v) is 23.4. The molecule has 11 heteroatoms. The number of carbonyl (C=O) groups is 5. The smallest absolute Gasteiger partial charge is 0.308 e. The normalized spacial score (nSPS) is 25.8. The molecule has 0 amide bonds. The number of aliphatic hydroxyl groups is 1. The Morgan fingerprint density at radius 2 is 0.568 bits per heavy atom. The summed E-state index contributed by atoms with van der Waals surface area (Å²) in [6.07, 6.45) is -9.65. The molecule has 0 heterocycles. The zero-order valence-electron chi connectivity index (χ0n) is 23.4. The van der Waals surface area contributed by atoms with Crippen molar-refractivity contribution in [3.63, 3.8) is 0 Å². The van der Waals surface area contributed by atoms with Crippen molar-refractivity contribution in [1.82, 2.24) is 0 Å². The second-order valence-electron chi connectivity index (χ2n) is 10.8. The lowest BCUT2D eigenvalue weighted by atomic mass is 9.83. The van der Waals surface area contributed by atoms with Gasteiger partial charge < -0.3 is 28.8 Å². The van der Waals surface area contributed by atoms with Gasteiger partial charge >= 0.3 is 29.8 Å². The monoisotopic (exact) mass is 530 g/mol. The van der Waals surface area contributed by atoms with Crippen molar-refractivity contribution in [2.24, 2.45) is 29.6 Å². The van der Waals surface area contributed by atoms with Crippen LogP contribution in [0, 0.1) is 29.6 Å². The maximum absolute atomic E-state index is 12.7. The van der Waals surface area contributed by atoms with Crippen molar-refractivity contribution in [1.29, 1.82) is 0 Å². The molecule has 37 heavy (non-hydrogen) atoms. The fourth-order valence-electron chi connectivity index (χ4n) is 3.16. The van der Waals surface area contributed by atoms with Gasteiger partial charge in [0.1, 0.15) is 6.10 Å². The van der Waals surface area contributed by atoms with Crippen LogP contribution in [0.4, 0.5) is 0 Å². The average molecular weight is 531 g/mol. The summed E-state index contributed by atoms with van der Waals surface area (Å²) in [6.45, 7) is 15.6. The van der Waals surface area contributed by atoms with Crippen molar-refractivity contribution < 1.29 is 52.8 Å². The number of ether oxygens (including phenoxy) is 5. The fourth-order valence-corrected chi connectivity index (χ4v) is 3.16. The Kier molecular flexibility index (Phi) is 12.0. The second kappa shape index (κ2) is 13.7. The number of esters is 5.